The SMILES string of the molecule is Cc1ccc(NC(=O)COc2ccc(/C=C3\SC(=O)N(Cc4ccccc4Br)C3=O)cc2)c(C)c1. The molecular formula is C27H23BrN2O4S. The van der Waals surface area contributed by atoms with Gasteiger partial charge < -0.3 is 10.1 Å². The summed E-state index contributed by atoms with van der Waals surface area (Å²) in [5.41, 5.74) is 4.49. The van der Waals surface area contributed by atoms with Crippen molar-refractivity contribution in [1.82, 2.24) is 4.90 Å². The molecule has 1 saturated heterocycles. The fourth-order valence-corrected chi connectivity index (χ4v) is 4.78. The summed E-state index contributed by atoms with van der Waals surface area (Å²) in [6.07, 6.45) is 1.68. The Balaban J connectivity index is 1.35. The smallest absolute Gasteiger partial charge is 0.293 e. The van der Waals surface area contributed by atoms with Gasteiger partial charge in [0.25, 0.3) is 17.1 Å². The average molecular weight is 551 g/mol. The van der Waals surface area contributed by atoms with Gasteiger partial charge in [-0.15, -0.1) is 0 Å². The van der Waals surface area contributed by atoms with Crippen LogP contribution < -0.4 is 10.1 Å². The number of imide groups is 1. The van der Waals surface area contributed by atoms with Crippen LogP contribution in [-0.4, -0.2) is 28.6 Å². The predicted molar refractivity (Wildman–Crippen MR) is 142 cm³/mol. The molecule has 0 atom stereocenters. The Morgan fingerprint density at radius 3 is 2.51 bits per heavy atom. The number of aryl methyl sites for hydroxylation is 2. The second-order valence-corrected chi connectivity index (χ2v) is 9.93. The van der Waals surface area contributed by atoms with Gasteiger partial charge in [0.15, 0.2) is 6.61 Å². The van der Waals surface area contributed by atoms with Gasteiger partial charge >= 0.3 is 0 Å². The zero-order valence-corrected chi connectivity index (χ0v) is 21.6. The number of hydrogen-bond donors (Lipinski definition) is 1. The van der Waals surface area contributed by atoms with Crippen LogP contribution >= 0.6 is 27.7 Å². The summed E-state index contributed by atoms with van der Waals surface area (Å²) in [7, 11) is 0. The highest BCUT2D eigenvalue weighted by Crippen LogP contribution is 2.34. The Hall–Kier alpha value is -3.36. The number of ether oxygens (including phenoxy) is 1. The van der Waals surface area contributed by atoms with Crippen molar-refractivity contribution in [2.75, 3.05) is 11.9 Å². The average Bonchev–Trinajstić information content (AvgIpc) is 3.09. The Labute approximate surface area is 216 Å². The predicted octanol–water partition coefficient (Wildman–Crippen LogP) is 6.32. The highest BCUT2D eigenvalue weighted by atomic mass is 79.9. The molecule has 0 aliphatic carbocycles. The molecule has 0 unspecified atom stereocenters. The van der Waals surface area contributed by atoms with E-state index < -0.39 is 0 Å². The molecule has 0 aromatic heterocycles. The van der Waals surface area contributed by atoms with Crippen LogP contribution in [0, 0.1) is 13.8 Å². The summed E-state index contributed by atoms with van der Waals surface area (Å²) >= 11 is 4.38. The number of amides is 3. The van der Waals surface area contributed by atoms with Crippen LogP contribution in [0.25, 0.3) is 6.08 Å². The minimum atomic E-state index is -0.320. The maximum absolute atomic E-state index is 12.8. The highest BCUT2D eigenvalue weighted by molar-refractivity contribution is 9.10. The number of halogens is 1. The van der Waals surface area contributed by atoms with Gasteiger partial charge in [0.1, 0.15) is 5.75 Å². The summed E-state index contributed by atoms with van der Waals surface area (Å²) in [4.78, 5) is 39.1. The highest BCUT2D eigenvalue weighted by Gasteiger charge is 2.35. The van der Waals surface area contributed by atoms with Gasteiger partial charge in [-0.05, 0) is 72.6 Å². The number of rotatable bonds is 7. The maximum Gasteiger partial charge on any atom is 0.293 e. The summed E-state index contributed by atoms with van der Waals surface area (Å²) in [6.45, 7) is 4.03. The van der Waals surface area contributed by atoms with E-state index in [1.165, 1.54) is 4.90 Å². The van der Waals surface area contributed by atoms with Crippen LogP contribution in [0.2, 0.25) is 0 Å². The molecule has 6 nitrogen and oxygen atoms in total. The third kappa shape index (κ3) is 6.21. The standard InChI is InChI=1S/C27H23BrN2O4S/c1-17-7-12-23(18(2)13-17)29-25(31)16-34-21-10-8-19(9-11-21)14-24-26(32)30(27(33)35-24)15-20-5-3-4-6-22(20)28/h3-14H,15-16H2,1-2H3,(H,29,31)/b24-14-. The van der Waals surface area contributed by atoms with E-state index in [2.05, 4.69) is 21.2 Å². The first-order chi connectivity index (χ1) is 16.8. The third-order valence-electron chi connectivity index (χ3n) is 5.36. The van der Waals surface area contributed by atoms with Gasteiger partial charge in [-0.3, -0.25) is 19.3 Å². The molecule has 4 rings (SSSR count). The molecule has 3 aromatic rings. The first kappa shape index (κ1) is 24.8. The minimum absolute atomic E-state index is 0.124. The van der Waals surface area contributed by atoms with Crippen LogP contribution in [-0.2, 0) is 16.1 Å². The first-order valence-corrected chi connectivity index (χ1v) is 12.5. The van der Waals surface area contributed by atoms with Crippen LogP contribution in [0.5, 0.6) is 5.75 Å². The zero-order chi connectivity index (χ0) is 24.9. The summed E-state index contributed by atoms with van der Waals surface area (Å²) in [6, 6.07) is 20.3. The lowest BCUT2D eigenvalue weighted by molar-refractivity contribution is -0.123. The quantitative estimate of drug-likeness (QED) is 0.348. The molecule has 3 amide bonds. The van der Waals surface area contributed by atoms with E-state index in [1.54, 1.807) is 30.3 Å². The topological polar surface area (TPSA) is 75.7 Å². The number of hydrogen-bond acceptors (Lipinski definition) is 5. The van der Waals surface area contributed by atoms with Gasteiger partial charge in [0.2, 0.25) is 0 Å². The summed E-state index contributed by atoms with van der Waals surface area (Å²) in [5.74, 6) is -0.0427. The number of carbonyl (C=O) groups is 3. The molecule has 1 N–H and O–H groups in total. The van der Waals surface area contributed by atoms with Crippen LogP contribution in [0.1, 0.15) is 22.3 Å². The number of nitrogens with zero attached hydrogens (tertiary/aromatic N) is 1. The normalized spacial score (nSPS) is 14.5. The second kappa shape index (κ2) is 10.9. The van der Waals surface area contributed by atoms with Crippen molar-refractivity contribution in [2.24, 2.45) is 0 Å². The monoisotopic (exact) mass is 550 g/mol. The van der Waals surface area contributed by atoms with E-state index in [-0.39, 0.29) is 30.2 Å². The molecule has 3 aromatic carbocycles. The molecule has 1 fully saturated rings. The van der Waals surface area contributed by atoms with Crippen LogP contribution in [0.3, 0.4) is 0 Å². The lowest BCUT2D eigenvalue weighted by Crippen LogP contribution is -2.27. The number of anilines is 1. The molecule has 0 spiro atoms. The molecule has 0 saturated carbocycles. The molecule has 8 heteroatoms. The number of benzene rings is 3. The Kier molecular flexibility index (Phi) is 7.73. The van der Waals surface area contributed by atoms with Gasteiger partial charge in [-0.25, -0.2) is 0 Å². The molecule has 35 heavy (non-hydrogen) atoms. The van der Waals surface area contributed by atoms with Crippen molar-refractivity contribution in [2.45, 2.75) is 20.4 Å². The molecule has 178 valence electrons. The van der Waals surface area contributed by atoms with E-state index in [4.69, 9.17) is 4.74 Å². The molecular weight excluding hydrogens is 528 g/mol. The maximum atomic E-state index is 12.8. The van der Waals surface area contributed by atoms with E-state index >= 15 is 0 Å². The number of thioether (sulfide) groups is 1. The third-order valence-corrected chi connectivity index (χ3v) is 7.04. The fraction of sp³-hybridized carbons (Fsp3) is 0.148. The number of carbonyl (C=O) groups excluding carboxylic acids is 3. The van der Waals surface area contributed by atoms with Gasteiger partial charge in [0.05, 0.1) is 11.4 Å². The lowest BCUT2D eigenvalue weighted by atomic mass is 10.1. The fourth-order valence-electron chi connectivity index (χ4n) is 3.53. The Bertz CT molecular complexity index is 1320. The van der Waals surface area contributed by atoms with E-state index in [0.717, 1.165) is 44.2 Å². The molecule has 0 bridgehead atoms. The van der Waals surface area contributed by atoms with E-state index in [9.17, 15) is 14.4 Å². The van der Waals surface area contributed by atoms with E-state index in [0.29, 0.717) is 10.7 Å². The zero-order valence-electron chi connectivity index (χ0n) is 19.2. The second-order valence-electron chi connectivity index (χ2n) is 8.08. The number of nitrogens with one attached hydrogen (secondary N) is 1. The van der Waals surface area contributed by atoms with Gasteiger partial charge in [-0.2, -0.15) is 0 Å². The van der Waals surface area contributed by atoms with Gasteiger partial charge in [0, 0.05) is 10.2 Å². The largest absolute Gasteiger partial charge is 0.484 e. The molecule has 1 aliphatic rings. The van der Waals surface area contributed by atoms with Crippen LogP contribution in [0.15, 0.2) is 76.1 Å². The Morgan fingerprint density at radius 2 is 1.80 bits per heavy atom. The Morgan fingerprint density at radius 1 is 1.06 bits per heavy atom. The summed E-state index contributed by atoms with van der Waals surface area (Å²) in [5, 5.41) is 2.55. The first-order valence-electron chi connectivity index (χ1n) is 10.9. The van der Waals surface area contributed by atoms with Crippen molar-refractivity contribution in [3.63, 3.8) is 0 Å². The van der Waals surface area contributed by atoms with Gasteiger partial charge in [-0.1, -0.05) is 64.0 Å². The van der Waals surface area contributed by atoms with Crippen molar-refractivity contribution >= 4 is 56.5 Å². The van der Waals surface area contributed by atoms with Crippen LogP contribution in [0.4, 0.5) is 10.5 Å². The molecule has 0 radical (unpaired) electrons. The molecule has 1 aliphatic heterocycles. The summed E-state index contributed by atoms with van der Waals surface area (Å²) < 4.78 is 6.44. The van der Waals surface area contributed by atoms with Crippen molar-refractivity contribution in [3.8, 4) is 5.75 Å². The van der Waals surface area contributed by atoms with Crippen molar-refractivity contribution in [3.05, 3.63) is 98.4 Å². The van der Waals surface area contributed by atoms with Crippen molar-refractivity contribution < 1.29 is 19.1 Å². The minimum Gasteiger partial charge on any atom is -0.484 e. The lowest BCUT2D eigenvalue weighted by Gasteiger charge is -2.13. The molecule has 1 heterocycles. The van der Waals surface area contributed by atoms with Crippen molar-refractivity contribution in [1.29, 1.82) is 0 Å². The van der Waals surface area contributed by atoms with E-state index in [1.807, 2.05) is 56.3 Å².